The number of aliphatic hydroxyl groups is 1. The van der Waals surface area contributed by atoms with Gasteiger partial charge in [0.25, 0.3) is 0 Å². The van der Waals surface area contributed by atoms with E-state index in [9.17, 15) is 10.2 Å². The molecule has 1 aromatic rings. The monoisotopic (exact) mass is 319 g/mol. The molecule has 1 aromatic carbocycles. The van der Waals surface area contributed by atoms with E-state index in [2.05, 4.69) is 19.1 Å². The van der Waals surface area contributed by atoms with Crippen LogP contribution in [0.5, 0.6) is 5.75 Å². The maximum atomic E-state index is 10.1. The van der Waals surface area contributed by atoms with E-state index < -0.39 is 6.10 Å². The number of allylic oxidation sites excluding steroid dienone is 2. The average Bonchev–Trinajstić information content (AvgIpc) is 2.55. The third-order valence-electron chi connectivity index (χ3n) is 4.17. The number of aromatic hydroxyl groups is 1. The Bertz CT molecular complexity index is 428. The summed E-state index contributed by atoms with van der Waals surface area (Å²) in [7, 11) is 0. The number of phenolic OH excluding ortho intramolecular Hbond substituents is 1. The Labute approximate surface area is 141 Å². The first-order chi connectivity index (χ1) is 11.1. The van der Waals surface area contributed by atoms with E-state index in [0.29, 0.717) is 12.8 Å². The van der Waals surface area contributed by atoms with Gasteiger partial charge in [-0.3, -0.25) is 0 Å². The number of hydrogen-bond acceptors (Lipinski definition) is 3. The largest absolute Gasteiger partial charge is 0.508 e. The third-order valence-corrected chi connectivity index (χ3v) is 4.17. The molecule has 0 heterocycles. The SMILES string of the molecule is CCCCCCCC=CCCC(O)C(N)Cc1ccc(O)cc1. The number of phenols is 1. The van der Waals surface area contributed by atoms with Crippen LogP contribution in [0.25, 0.3) is 0 Å². The second kappa shape index (κ2) is 12.1. The first-order valence-corrected chi connectivity index (χ1v) is 9.00. The van der Waals surface area contributed by atoms with E-state index >= 15 is 0 Å². The van der Waals surface area contributed by atoms with Crippen molar-refractivity contribution >= 4 is 0 Å². The van der Waals surface area contributed by atoms with Crippen LogP contribution in [0.2, 0.25) is 0 Å². The van der Waals surface area contributed by atoms with Crippen LogP contribution in [-0.2, 0) is 6.42 Å². The highest BCUT2D eigenvalue weighted by atomic mass is 16.3. The molecule has 2 atom stereocenters. The van der Waals surface area contributed by atoms with Crippen molar-refractivity contribution in [3.05, 3.63) is 42.0 Å². The van der Waals surface area contributed by atoms with Crippen LogP contribution in [0.4, 0.5) is 0 Å². The van der Waals surface area contributed by atoms with Crippen LogP contribution in [0.15, 0.2) is 36.4 Å². The Balaban J connectivity index is 2.12. The van der Waals surface area contributed by atoms with Crippen molar-refractivity contribution < 1.29 is 10.2 Å². The van der Waals surface area contributed by atoms with Gasteiger partial charge in [0.05, 0.1) is 6.10 Å². The summed E-state index contributed by atoms with van der Waals surface area (Å²) in [4.78, 5) is 0. The summed E-state index contributed by atoms with van der Waals surface area (Å²) in [5, 5.41) is 19.4. The number of unbranched alkanes of at least 4 members (excludes halogenated alkanes) is 5. The van der Waals surface area contributed by atoms with E-state index in [1.165, 1.54) is 32.1 Å². The van der Waals surface area contributed by atoms with Crippen LogP contribution in [0.1, 0.15) is 63.9 Å². The van der Waals surface area contributed by atoms with E-state index in [0.717, 1.165) is 18.4 Å². The van der Waals surface area contributed by atoms with Crippen molar-refractivity contribution in [3.63, 3.8) is 0 Å². The van der Waals surface area contributed by atoms with Crippen molar-refractivity contribution in [2.75, 3.05) is 0 Å². The zero-order valence-electron chi connectivity index (χ0n) is 14.5. The van der Waals surface area contributed by atoms with Gasteiger partial charge in [-0.2, -0.15) is 0 Å². The van der Waals surface area contributed by atoms with Gasteiger partial charge >= 0.3 is 0 Å². The maximum absolute atomic E-state index is 10.1. The number of rotatable bonds is 12. The minimum absolute atomic E-state index is 0.253. The van der Waals surface area contributed by atoms with Crippen molar-refractivity contribution in [2.45, 2.75) is 76.9 Å². The fourth-order valence-electron chi connectivity index (χ4n) is 2.62. The molecule has 0 saturated heterocycles. The van der Waals surface area contributed by atoms with Crippen LogP contribution in [-0.4, -0.2) is 22.4 Å². The van der Waals surface area contributed by atoms with Gasteiger partial charge in [0.15, 0.2) is 0 Å². The molecule has 3 nitrogen and oxygen atoms in total. The van der Waals surface area contributed by atoms with Gasteiger partial charge in [-0.1, -0.05) is 56.9 Å². The Kier molecular flexibility index (Phi) is 10.4. The van der Waals surface area contributed by atoms with Crippen LogP contribution in [0, 0.1) is 0 Å². The first-order valence-electron chi connectivity index (χ1n) is 9.00. The zero-order valence-corrected chi connectivity index (χ0v) is 14.5. The topological polar surface area (TPSA) is 66.5 Å². The molecule has 0 amide bonds. The molecule has 0 radical (unpaired) electrons. The lowest BCUT2D eigenvalue weighted by molar-refractivity contribution is 0.135. The molecule has 0 saturated carbocycles. The van der Waals surface area contributed by atoms with Crippen molar-refractivity contribution in [2.24, 2.45) is 5.73 Å². The fourth-order valence-corrected chi connectivity index (χ4v) is 2.62. The maximum Gasteiger partial charge on any atom is 0.115 e. The van der Waals surface area contributed by atoms with E-state index in [4.69, 9.17) is 5.73 Å². The summed E-state index contributed by atoms with van der Waals surface area (Å²) < 4.78 is 0. The summed E-state index contributed by atoms with van der Waals surface area (Å²) in [6.45, 7) is 2.23. The predicted molar refractivity (Wildman–Crippen MR) is 97.5 cm³/mol. The van der Waals surface area contributed by atoms with Gasteiger partial charge in [0.2, 0.25) is 0 Å². The zero-order chi connectivity index (χ0) is 16.9. The van der Waals surface area contributed by atoms with Crippen molar-refractivity contribution in [1.29, 1.82) is 0 Å². The summed E-state index contributed by atoms with van der Waals surface area (Å²) in [6, 6.07) is 6.73. The van der Waals surface area contributed by atoms with Gasteiger partial charge in [-0.15, -0.1) is 0 Å². The van der Waals surface area contributed by atoms with Gasteiger partial charge in [0.1, 0.15) is 5.75 Å². The highest BCUT2D eigenvalue weighted by Gasteiger charge is 2.14. The second-order valence-corrected chi connectivity index (χ2v) is 6.35. The predicted octanol–water partition coefficient (Wildman–Crippen LogP) is 4.32. The van der Waals surface area contributed by atoms with E-state index in [1.807, 2.05) is 12.1 Å². The molecule has 0 aliphatic rings. The molecule has 0 aromatic heterocycles. The van der Waals surface area contributed by atoms with Gasteiger partial charge in [-0.25, -0.2) is 0 Å². The smallest absolute Gasteiger partial charge is 0.115 e. The molecule has 4 N–H and O–H groups in total. The molecule has 0 aliphatic heterocycles. The summed E-state index contributed by atoms with van der Waals surface area (Å²) in [5.41, 5.74) is 7.10. The summed E-state index contributed by atoms with van der Waals surface area (Å²) in [5.74, 6) is 0.253. The second-order valence-electron chi connectivity index (χ2n) is 6.35. The van der Waals surface area contributed by atoms with Gasteiger partial charge < -0.3 is 15.9 Å². The molecule has 3 heteroatoms. The highest BCUT2D eigenvalue weighted by molar-refractivity contribution is 5.26. The standard InChI is InChI=1S/C20H33NO2/c1-2-3-4-5-6-7-8-9-10-11-20(23)19(21)16-17-12-14-18(22)15-13-17/h8-9,12-15,19-20,22-23H,2-7,10-11,16,21H2,1H3. The van der Waals surface area contributed by atoms with Crippen molar-refractivity contribution in [3.8, 4) is 5.75 Å². The van der Waals surface area contributed by atoms with E-state index in [1.54, 1.807) is 12.1 Å². The molecule has 0 bridgehead atoms. The summed E-state index contributed by atoms with van der Waals surface area (Å²) >= 11 is 0. The Morgan fingerprint density at radius 2 is 1.65 bits per heavy atom. The number of aliphatic hydroxyl groups excluding tert-OH is 1. The Morgan fingerprint density at radius 3 is 2.35 bits per heavy atom. The molecule has 1 rings (SSSR count). The van der Waals surface area contributed by atoms with Crippen LogP contribution in [0.3, 0.4) is 0 Å². The lowest BCUT2D eigenvalue weighted by atomic mass is 9.99. The quantitative estimate of drug-likeness (QED) is 0.397. The van der Waals surface area contributed by atoms with Crippen molar-refractivity contribution in [1.82, 2.24) is 0 Å². The van der Waals surface area contributed by atoms with Gasteiger partial charge in [-0.05, 0) is 49.8 Å². The molecule has 23 heavy (non-hydrogen) atoms. The summed E-state index contributed by atoms with van der Waals surface area (Å²) in [6.07, 6.45) is 13.8. The number of nitrogens with two attached hydrogens (primary N) is 1. The molecule has 2 unspecified atom stereocenters. The molecular weight excluding hydrogens is 286 g/mol. The molecular formula is C20H33NO2. The van der Waals surface area contributed by atoms with E-state index in [-0.39, 0.29) is 11.8 Å². The molecule has 0 aliphatic carbocycles. The highest BCUT2D eigenvalue weighted by Crippen LogP contribution is 2.13. The molecule has 130 valence electrons. The van der Waals surface area contributed by atoms with Crippen LogP contribution >= 0.6 is 0 Å². The first kappa shape index (κ1) is 19.7. The Hall–Kier alpha value is -1.32. The minimum Gasteiger partial charge on any atom is -0.508 e. The van der Waals surface area contributed by atoms with Gasteiger partial charge in [0, 0.05) is 6.04 Å². The molecule has 0 spiro atoms. The number of benzene rings is 1. The minimum atomic E-state index is -0.488. The Morgan fingerprint density at radius 1 is 1.00 bits per heavy atom. The third kappa shape index (κ3) is 9.42. The normalized spacial score (nSPS) is 14.2. The average molecular weight is 319 g/mol. The number of hydrogen-bond donors (Lipinski definition) is 3. The molecule has 0 fully saturated rings. The lowest BCUT2D eigenvalue weighted by Crippen LogP contribution is -2.36. The lowest BCUT2D eigenvalue weighted by Gasteiger charge is -2.18. The van der Waals surface area contributed by atoms with Crippen LogP contribution < -0.4 is 5.73 Å². The fraction of sp³-hybridized carbons (Fsp3) is 0.600.